The number of carbonyl (C=O) groups is 1. The Kier molecular flexibility index (Phi) is 4.00. The summed E-state index contributed by atoms with van der Waals surface area (Å²) < 4.78 is 4.23. The van der Waals surface area contributed by atoms with Crippen molar-refractivity contribution in [1.82, 2.24) is 0 Å². The van der Waals surface area contributed by atoms with E-state index in [0.717, 1.165) is 5.56 Å². The molecule has 1 aromatic rings. The van der Waals surface area contributed by atoms with Gasteiger partial charge in [0.25, 0.3) is 5.69 Å². The summed E-state index contributed by atoms with van der Waals surface area (Å²) in [4.78, 5) is 23.5. The average Bonchev–Trinajstić information content (AvgIpc) is 2.77. The molecule has 1 N–H and O–H groups in total. The average molecular weight is 286 g/mol. The maximum absolute atomic E-state index is 11.4. The molecule has 0 saturated carbocycles. The van der Waals surface area contributed by atoms with Crippen LogP contribution in [0, 0.1) is 10.1 Å². The number of hydrogen-bond donors (Lipinski definition) is 1. The number of rotatable bonds is 4. The highest BCUT2D eigenvalue weighted by Crippen LogP contribution is 2.39. The Morgan fingerprint density at radius 1 is 1.58 bits per heavy atom. The van der Waals surface area contributed by atoms with Crippen molar-refractivity contribution in [3.8, 4) is 0 Å². The van der Waals surface area contributed by atoms with Gasteiger partial charge in [-0.15, -0.1) is 4.33 Å². The molecular weight excluding hydrogens is 276 g/mol. The van der Waals surface area contributed by atoms with E-state index in [2.05, 4.69) is 9.37 Å². The Labute approximate surface area is 112 Å². The van der Waals surface area contributed by atoms with E-state index in [1.807, 2.05) is 0 Å². The fraction of sp³-hybridized carbons (Fsp3) is 0.300. The lowest BCUT2D eigenvalue weighted by molar-refractivity contribution is -0.432. The fourth-order valence-electron chi connectivity index (χ4n) is 1.99. The third-order valence-electron chi connectivity index (χ3n) is 2.79. The van der Waals surface area contributed by atoms with E-state index in [1.54, 1.807) is 0 Å². The second-order valence-corrected chi connectivity index (χ2v) is 4.59. The summed E-state index contributed by atoms with van der Waals surface area (Å²) >= 11 is 0.503. The van der Waals surface area contributed by atoms with Gasteiger partial charge in [0.2, 0.25) is 5.91 Å². The Morgan fingerprint density at radius 2 is 2.32 bits per heavy atom. The Balaban J connectivity index is 2.44. The van der Waals surface area contributed by atoms with E-state index in [1.165, 1.54) is 24.0 Å². The molecule has 0 spiro atoms. The molecule has 0 bridgehead atoms. The summed E-state index contributed by atoms with van der Waals surface area (Å²) in [5, 5.41) is 22.5. The molecule has 0 saturated heterocycles. The molecule has 0 fully saturated rings. The summed E-state index contributed by atoms with van der Waals surface area (Å²) in [6, 6.07) is 2.88. The van der Waals surface area contributed by atoms with Crippen LogP contribution in [0.15, 0.2) is 17.0 Å². The van der Waals surface area contributed by atoms with E-state index in [4.69, 9.17) is 5.26 Å². The molecular formula is C10H10N2O6S. The molecule has 0 unspecified atom stereocenters. The van der Waals surface area contributed by atoms with Gasteiger partial charge in [0.15, 0.2) is 0 Å². The van der Waals surface area contributed by atoms with Crippen LogP contribution < -0.4 is 4.90 Å². The van der Waals surface area contributed by atoms with Crippen molar-refractivity contribution >= 4 is 29.3 Å². The minimum Gasteiger partial charge on any atom is -0.312 e. The van der Waals surface area contributed by atoms with Gasteiger partial charge >= 0.3 is 0 Å². The lowest BCUT2D eigenvalue weighted by atomic mass is 10.1. The summed E-state index contributed by atoms with van der Waals surface area (Å²) in [7, 11) is 0. The third kappa shape index (κ3) is 2.68. The fourth-order valence-corrected chi connectivity index (χ4v) is 2.48. The van der Waals surface area contributed by atoms with Crippen molar-refractivity contribution in [3.05, 3.63) is 27.8 Å². The van der Waals surface area contributed by atoms with E-state index in [0.29, 0.717) is 30.7 Å². The van der Waals surface area contributed by atoms with Gasteiger partial charge in [0.05, 0.1) is 17.0 Å². The number of fused-ring (bicyclic) bond motifs is 1. The minimum atomic E-state index is -0.556. The van der Waals surface area contributed by atoms with Gasteiger partial charge in [-0.05, 0) is 18.1 Å². The van der Waals surface area contributed by atoms with Crippen LogP contribution in [0.2, 0.25) is 0 Å². The number of anilines is 1. The van der Waals surface area contributed by atoms with Gasteiger partial charge in [0.1, 0.15) is 4.90 Å². The predicted molar refractivity (Wildman–Crippen MR) is 65.5 cm³/mol. The van der Waals surface area contributed by atoms with E-state index < -0.39 is 4.92 Å². The van der Waals surface area contributed by atoms with Gasteiger partial charge in [-0.2, -0.15) is 0 Å². The molecule has 1 amide bonds. The lowest BCUT2D eigenvalue weighted by Gasteiger charge is -2.15. The highest BCUT2D eigenvalue weighted by Gasteiger charge is 2.28. The van der Waals surface area contributed by atoms with Crippen LogP contribution in [0.5, 0.6) is 0 Å². The molecule has 102 valence electrons. The van der Waals surface area contributed by atoms with Crippen molar-refractivity contribution in [3.63, 3.8) is 0 Å². The molecule has 0 atom stereocenters. The van der Waals surface area contributed by atoms with Crippen LogP contribution in [0.1, 0.15) is 12.5 Å². The summed E-state index contributed by atoms with van der Waals surface area (Å²) in [5.41, 5.74) is 1.18. The molecule has 8 nitrogen and oxygen atoms in total. The third-order valence-corrected chi connectivity index (χ3v) is 3.42. The van der Waals surface area contributed by atoms with Crippen LogP contribution in [0.25, 0.3) is 0 Å². The topological polar surface area (TPSA) is 102 Å². The van der Waals surface area contributed by atoms with E-state index in [-0.39, 0.29) is 16.5 Å². The Bertz CT molecular complexity index is 535. The van der Waals surface area contributed by atoms with Crippen LogP contribution in [-0.4, -0.2) is 22.6 Å². The van der Waals surface area contributed by atoms with E-state index >= 15 is 0 Å². The van der Waals surface area contributed by atoms with Crippen LogP contribution >= 0.6 is 12.0 Å². The molecule has 1 aliphatic heterocycles. The second kappa shape index (κ2) is 5.53. The molecule has 1 aliphatic rings. The minimum absolute atomic E-state index is 0.136. The largest absolute Gasteiger partial charge is 0.312 e. The van der Waals surface area contributed by atoms with Crippen molar-refractivity contribution < 1.29 is 24.3 Å². The summed E-state index contributed by atoms with van der Waals surface area (Å²) in [6.07, 6.45) is 0.568. The monoisotopic (exact) mass is 286 g/mol. The van der Waals surface area contributed by atoms with Gasteiger partial charge in [-0.1, -0.05) is 5.04 Å². The number of benzene rings is 1. The molecule has 0 aliphatic carbocycles. The van der Waals surface area contributed by atoms with Gasteiger partial charge < -0.3 is 4.90 Å². The first-order valence-corrected chi connectivity index (χ1v) is 6.03. The SMILES string of the molecule is CC(=O)N1CCc2cc([N+](=O)[O-])c(SOOO)cc21. The summed E-state index contributed by atoms with van der Waals surface area (Å²) in [6.45, 7) is 1.92. The first-order valence-electron chi connectivity index (χ1n) is 5.28. The molecule has 2 rings (SSSR count). The smallest absolute Gasteiger partial charge is 0.285 e. The van der Waals surface area contributed by atoms with Crippen molar-refractivity contribution in [1.29, 1.82) is 0 Å². The molecule has 9 heteroatoms. The first-order chi connectivity index (χ1) is 9.04. The number of carbonyl (C=O) groups excluding carboxylic acids is 1. The zero-order chi connectivity index (χ0) is 14.0. The Morgan fingerprint density at radius 3 is 2.89 bits per heavy atom. The standard InChI is InChI=1S/C10H10N2O6S/c1-6(13)11-3-2-7-4-9(12(14)15)10(5-8(7)11)19-18-17-16/h4-5,16H,2-3H2,1H3. The zero-order valence-electron chi connectivity index (χ0n) is 9.86. The predicted octanol–water partition coefficient (Wildman–Crippen LogP) is 1.93. The number of amides is 1. The van der Waals surface area contributed by atoms with Crippen molar-refractivity contribution in [2.75, 3.05) is 11.4 Å². The van der Waals surface area contributed by atoms with Crippen LogP contribution in [0.3, 0.4) is 0 Å². The Hall–Kier alpha value is -1.68. The molecule has 0 radical (unpaired) electrons. The normalized spacial score (nSPS) is 13.5. The maximum Gasteiger partial charge on any atom is 0.285 e. The molecule has 1 heterocycles. The molecule has 19 heavy (non-hydrogen) atoms. The first kappa shape index (κ1) is 13.7. The highest BCUT2D eigenvalue weighted by atomic mass is 32.2. The molecule has 0 aromatic heterocycles. The number of nitro groups is 1. The van der Waals surface area contributed by atoms with Crippen molar-refractivity contribution in [2.45, 2.75) is 18.2 Å². The quantitative estimate of drug-likeness (QED) is 0.390. The zero-order valence-corrected chi connectivity index (χ0v) is 10.7. The highest BCUT2D eigenvalue weighted by molar-refractivity contribution is 7.94. The van der Waals surface area contributed by atoms with Gasteiger partial charge in [-0.3, -0.25) is 14.9 Å². The maximum atomic E-state index is 11.4. The lowest BCUT2D eigenvalue weighted by Crippen LogP contribution is -2.25. The number of nitro benzene ring substituents is 1. The number of hydrogen-bond acceptors (Lipinski definition) is 7. The van der Waals surface area contributed by atoms with Crippen molar-refractivity contribution in [2.24, 2.45) is 0 Å². The second-order valence-electron chi connectivity index (χ2n) is 3.85. The van der Waals surface area contributed by atoms with Gasteiger partial charge in [0, 0.05) is 25.2 Å². The van der Waals surface area contributed by atoms with E-state index in [9.17, 15) is 14.9 Å². The van der Waals surface area contributed by atoms with Crippen LogP contribution in [0.4, 0.5) is 11.4 Å². The number of nitrogens with zero attached hydrogens (tertiary/aromatic N) is 2. The van der Waals surface area contributed by atoms with Gasteiger partial charge in [-0.25, -0.2) is 5.26 Å². The van der Waals surface area contributed by atoms with Crippen LogP contribution in [-0.2, 0) is 20.6 Å². The summed E-state index contributed by atoms with van der Waals surface area (Å²) in [5.74, 6) is -0.136. The molecule has 1 aromatic carbocycles.